The highest BCUT2D eigenvalue weighted by molar-refractivity contribution is 5.79. The molecule has 0 spiro atoms. The van der Waals surface area contributed by atoms with Crippen molar-refractivity contribution in [3.05, 3.63) is 11.7 Å². The van der Waals surface area contributed by atoms with Crippen molar-refractivity contribution >= 4 is 11.8 Å². The minimum Gasteiger partial charge on any atom is -0.339 e. The van der Waals surface area contributed by atoms with Gasteiger partial charge >= 0.3 is 0 Å². The molecule has 7 nitrogen and oxygen atoms in total. The van der Waals surface area contributed by atoms with E-state index in [1.165, 1.54) is 0 Å². The van der Waals surface area contributed by atoms with Crippen molar-refractivity contribution in [1.29, 1.82) is 0 Å². The number of likely N-dealkylation sites (tertiary alicyclic amines) is 2. The molecular weight excluding hydrogens is 320 g/mol. The van der Waals surface area contributed by atoms with Gasteiger partial charge in [-0.2, -0.15) is 4.98 Å². The Kier molecular flexibility index (Phi) is 4.48. The van der Waals surface area contributed by atoms with E-state index in [9.17, 15) is 9.59 Å². The summed E-state index contributed by atoms with van der Waals surface area (Å²) in [6.45, 7) is 3.11. The molecule has 3 aliphatic rings. The van der Waals surface area contributed by atoms with Crippen LogP contribution in [0, 0.1) is 0 Å². The number of hydrogen-bond donors (Lipinski definition) is 0. The fourth-order valence-corrected chi connectivity index (χ4v) is 4.16. The lowest BCUT2D eigenvalue weighted by Crippen LogP contribution is -2.45. The van der Waals surface area contributed by atoms with Gasteiger partial charge in [-0.25, -0.2) is 0 Å². The van der Waals surface area contributed by atoms with Crippen LogP contribution in [-0.2, 0) is 9.59 Å². The zero-order valence-corrected chi connectivity index (χ0v) is 14.8. The van der Waals surface area contributed by atoms with Gasteiger partial charge in [-0.1, -0.05) is 5.16 Å². The summed E-state index contributed by atoms with van der Waals surface area (Å²) in [6, 6.07) is -0.0367. The van der Waals surface area contributed by atoms with E-state index < -0.39 is 0 Å². The fourth-order valence-electron chi connectivity index (χ4n) is 4.16. The minimum atomic E-state index is -0.0712. The molecule has 0 radical (unpaired) electrons. The monoisotopic (exact) mass is 346 g/mol. The fraction of sp³-hybridized carbons (Fsp3) is 0.778. The lowest BCUT2D eigenvalue weighted by molar-refractivity contribution is -0.137. The Morgan fingerprint density at radius 1 is 1.08 bits per heavy atom. The third-order valence-corrected chi connectivity index (χ3v) is 5.70. The second kappa shape index (κ2) is 6.77. The standard InChI is InChI=1S/C18H26N4O3/c1-12(23)21-9-3-2-5-14(21)11-16(24)22-10-4-6-15(22)17-19-18(25-20-17)13-7-8-13/h13-15H,2-11H2,1H3/t14-,15-/m1/s1. The Balaban J connectivity index is 1.43. The Morgan fingerprint density at radius 3 is 2.64 bits per heavy atom. The summed E-state index contributed by atoms with van der Waals surface area (Å²) in [5, 5.41) is 4.14. The molecule has 0 aromatic carbocycles. The van der Waals surface area contributed by atoms with Gasteiger partial charge in [0.25, 0.3) is 0 Å². The molecule has 1 aromatic heterocycles. The molecular formula is C18H26N4O3. The molecule has 0 bridgehead atoms. The summed E-state index contributed by atoms with van der Waals surface area (Å²) >= 11 is 0. The highest BCUT2D eigenvalue weighted by atomic mass is 16.5. The average Bonchev–Trinajstić information content (AvgIpc) is 3.13. The zero-order valence-electron chi connectivity index (χ0n) is 14.8. The van der Waals surface area contributed by atoms with E-state index in [1.807, 2.05) is 9.80 Å². The largest absolute Gasteiger partial charge is 0.339 e. The van der Waals surface area contributed by atoms with Crippen molar-refractivity contribution in [3.63, 3.8) is 0 Å². The van der Waals surface area contributed by atoms with E-state index in [0.29, 0.717) is 18.2 Å². The van der Waals surface area contributed by atoms with Crippen LogP contribution in [0.4, 0.5) is 0 Å². The molecule has 7 heteroatoms. The predicted octanol–water partition coefficient (Wildman–Crippen LogP) is 2.40. The molecule has 2 atom stereocenters. The van der Waals surface area contributed by atoms with Crippen LogP contribution in [0.5, 0.6) is 0 Å². The average molecular weight is 346 g/mol. The Morgan fingerprint density at radius 2 is 1.88 bits per heavy atom. The van der Waals surface area contributed by atoms with Gasteiger partial charge in [0.05, 0.1) is 6.04 Å². The molecule has 1 aliphatic carbocycles. The maximum absolute atomic E-state index is 12.9. The molecule has 1 aromatic rings. The number of carbonyl (C=O) groups is 2. The molecule has 1 saturated carbocycles. The SMILES string of the molecule is CC(=O)N1CCCC[C@@H]1CC(=O)N1CCC[C@@H]1c1noc(C2CC2)n1. The molecule has 4 rings (SSSR count). The summed E-state index contributed by atoms with van der Waals surface area (Å²) in [5.74, 6) is 1.99. The summed E-state index contributed by atoms with van der Waals surface area (Å²) in [6.07, 6.45) is 7.53. The maximum Gasteiger partial charge on any atom is 0.229 e. The Labute approximate surface area is 147 Å². The van der Waals surface area contributed by atoms with E-state index in [-0.39, 0.29) is 23.9 Å². The first kappa shape index (κ1) is 16.5. The summed E-state index contributed by atoms with van der Waals surface area (Å²) in [7, 11) is 0. The zero-order chi connectivity index (χ0) is 17.4. The molecule has 0 N–H and O–H groups in total. The summed E-state index contributed by atoms with van der Waals surface area (Å²) < 4.78 is 5.38. The molecule has 2 saturated heterocycles. The molecule has 25 heavy (non-hydrogen) atoms. The summed E-state index contributed by atoms with van der Waals surface area (Å²) in [4.78, 5) is 33.1. The molecule has 3 heterocycles. The van der Waals surface area contributed by atoms with Crippen LogP contribution < -0.4 is 0 Å². The molecule has 0 unspecified atom stereocenters. The van der Waals surface area contributed by atoms with Crippen molar-refractivity contribution in [2.24, 2.45) is 0 Å². The number of amides is 2. The van der Waals surface area contributed by atoms with Crippen LogP contribution in [0.1, 0.15) is 82.0 Å². The van der Waals surface area contributed by atoms with Crippen molar-refractivity contribution in [1.82, 2.24) is 19.9 Å². The van der Waals surface area contributed by atoms with E-state index >= 15 is 0 Å². The molecule has 136 valence electrons. The van der Waals surface area contributed by atoms with E-state index in [0.717, 1.165) is 63.9 Å². The van der Waals surface area contributed by atoms with Crippen molar-refractivity contribution in [2.45, 2.75) is 76.3 Å². The predicted molar refractivity (Wildman–Crippen MR) is 89.6 cm³/mol. The highest BCUT2D eigenvalue weighted by Crippen LogP contribution is 2.40. The number of rotatable bonds is 4. The lowest BCUT2D eigenvalue weighted by atomic mass is 9.98. The number of hydrogen-bond acceptors (Lipinski definition) is 5. The minimum absolute atomic E-state index is 0.0345. The number of aromatic nitrogens is 2. The first-order chi connectivity index (χ1) is 12.1. The highest BCUT2D eigenvalue weighted by Gasteiger charge is 2.37. The first-order valence-electron chi connectivity index (χ1n) is 9.53. The van der Waals surface area contributed by atoms with Crippen molar-refractivity contribution in [2.75, 3.05) is 13.1 Å². The molecule has 2 amide bonds. The Hall–Kier alpha value is -1.92. The normalized spacial score (nSPS) is 26.9. The van der Waals surface area contributed by atoms with Crippen molar-refractivity contribution < 1.29 is 14.1 Å². The van der Waals surface area contributed by atoms with Crippen molar-refractivity contribution in [3.8, 4) is 0 Å². The third-order valence-electron chi connectivity index (χ3n) is 5.70. The molecule has 2 aliphatic heterocycles. The molecule has 3 fully saturated rings. The van der Waals surface area contributed by atoms with Gasteiger partial charge in [-0.3, -0.25) is 9.59 Å². The number of carbonyl (C=O) groups excluding carboxylic acids is 2. The van der Waals surface area contributed by atoms with Gasteiger partial charge in [0.1, 0.15) is 0 Å². The first-order valence-corrected chi connectivity index (χ1v) is 9.53. The van der Waals surface area contributed by atoms with Crippen LogP contribution in [0.25, 0.3) is 0 Å². The van der Waals surface area contributed by atoms with Crippen LogP contribution >= 0.6 is 0 Å². The second-order valence-corrected chi connectivity index (χ2v) is 7.58. The van der Waals surface area contributed by atoms with Crippen LogP contribution in [0.15, 0.2) is 4.52 Å². The number of piperidine rings is 1. The van der Waals surface area contributed by atoms with Crippen LogP contribution in [0.3, 0.4) is 0 Å². The van der Waals surface area contributed by atoms with Gasteiger partial charge < -0.3 is 14.3 Å². The van der Waals surface area contributed by atoms with Crippen LogP contribution in [-0.4, -0.2) is 50.9 Å². The van der Waals surface area contributed by atoms with Gasteiger partial charge in [0.2, 0.25) is 17.7 Å². The van der Waals surface area contributed by atoms with E-state index in [4.69, 9.17) is 4.52 Å². The number of nitrogens with zero attached hydrogens (tertiary/aromatic N) is 4. The topological polar surface area (TPSA) is 79.5 Å². The summed E-state index contributed by atoms with van der Waals surface area (Å²) in [5.41, 5.74) is 0. The van der Waals surface area contributed by atoms with Gasteiger partial charge in [-0.15, -0.1) is 0 Å². The van der Waals surface area contributed by atoms with E-state index in [2.05, 4.69) is 10.1 Å². The third kappa shape index (κ3) is 3.41. The quantitative estimate of drug-likeness (QED) is 0.836. The Bertz CT molecular complexity index is 655. The second-order valence-electron chi connectivity index (χ2n) is 7.58. The van der Waals surface area contributed by atoms with Crippen LogP contribution in [0.2, 0.25) is 0 Å². The van der Waals surface area contributed by atoms with E-state index in [1.54, 1.807) is 6.92 Å². The van der Waals surface area contributed by atoms with Gasteiger partial charge in [0.15, 0.2) is 5.82 Å². The lowest BCUT2D eigenvalue weighted by Gasteiger charge is -2.36. The smallest absolute Gasteiger partial charge is 0.229 e. The maximum atomic E-state index is 12.9. The van der Waals surface area contributed by atoms with Gasteiger partial charge in [0, 0.05) is 38.4 Å². The van der Waals surface area contributed by atoms with Gasteiger partial charge in [-0.05, 0) is 44.9 Å².